The first-order chi connectivity index (χ1) is 7.75. The van der Waals surface area contributed by atoms with Crippen molar-refractivity contribution in [2.75, 3.05) is 45.8 Å². The lowest BCUT2D eigenvalue weighted by atomic mass is 10.2. The highest BCUT2D eigenvalue weighted by molar-refractivity contribution is 4.87. The number of piperazine rings is 1. The van der Waals surface area contributed by atoms with E-state index < -0.39 is 0 Å². The van der Waals surface area contributed by atoms with Crippen molar-refractivity contribution in [2.45, 2.75) is 32.7 Å². The highest BCUT2D eigenvalue weighted by atomic mass is 15.3. The van der Waals surface area contributed by atoms with Crippen molar-refractivity contribution in [3.05, 3.63) is 0 Å². The molecular formula is C13H27N3. The second-order valence-electron chi connectivity index (χ2n) is 5.71. The molecule has 1 saturated carbocycles. The molecule has 16 heavy (non-hydrogen) atoms. The zero-order valence-electron chi connectivity index (χ0n) is 10.9. The van der Waals surface area contributed by atoms with Gasteiger partial charge in [0.2, 0.25) is 0 Å². The molecule has 3 heteroatoms. The molecule has 2 aliphatic rings. The van der Waals surface area contributed by atoms with Crippen LogP contribution in [0.3, 0.4) is 0 Å². The molecule has 94 valence electrons. The first-order valence-corrected chi connectivity index (χ1v) is 6.93. The van der Waals surface area contributed by atoms with Crippen molar-refractivity contribution < 1.29 is 0 Å². The molecule has 1 aliphatic heterocycles. The molecule has 1 saturated heterocycles. The number of hydrogen-bond acceptors (Lipinski definition) is 3. The monoisotopic (exact) mass is 225 g/mol. The first-order valence-electron chi connectivity index (χ1n) is 6.93. The Labute approximate surface area is 100 Å². The summed E-state index contributed by atoms with van der Waals surface area (Å²) in [6.07, 6.45) is 2.91. The van der Waals surface area contributed by atoms with E-state index in [1.807, 2.05) is 0 Å². The quantitative estimate of drug-likeness (QED) is 0.681. The molecule has 1 N–H and O–H groups in total. The summed E-state index contributed by atoms with van der Waals surface area (Å²) >= 11 is 0. The van der Waals surface area contributed by atoms with Gasteiger partial charge in [-0.2, -0.15) is 0 Å². The van der Waals surface area contributed by atoms with Crippen LogP contribution >= 0.6 is 0 Å². The Kier molecular flexibility index (Phi) is 4.62. The Balaban J connectivity index is 1.51. The minimum atomic E-state index is 0.770. The van der Waals surface area contributed by atoms with Crippen LogP contribution in [0.1, 0.15) is 26.7 Å². The third-order valence-electron chi connectivity index (χ3n) is 3.63. The van der Waals surface area contributed by atoms with E-state index in [0.717, 1.165) is 25.0 Å². The number of nitrogens with zero attached hydrogens (tertiary/aromatic N) is 2. The van der Waals surface area contributed by atoms with Crippen LogP contribution in [0.5, 0.6) is 0 Å². The van der Waals surface area contributed by atoms with Gasteiger partial charge in [-0.3, -0.25) is 9.80 Å². The predicted molar refractivity (Wildman–Crippen MR) is 68.7 cm³/mol. The Morgan fingerprint density at radius 1 is 1.12 bits per heavy atom. The van der Waals surface area contributed by atoms with E-state index in [4.69, 9.17) is 0 Å². The molecule has 0 atom stereocenters. The summed E-state index contributed by atoms with van der Waals surface area (Å²) in [5.41, 5.74) is 0. The maximum absolute atomic E-state index is 3.52. The number of nitrogens with one attached hydrogen (secondary N) is 1. The fourth-order valence-corrected chi connectivity index (χ4v) is 2.42. The van der Waals surface area contributed by atoms with Crippen LogP contribution in [0.15, 0.2) is 0 Å². The van der Waals surface area contributed by atoms with E-state index in [-0.39, 0.29) is 0 Å². The molecular weight excluding hydrogens is 198 g/mol. The smallest absolute Gasteiger partial charge is 0.0113 e. The summed E-state index contributed by atoms with van der Waals surface area (Å²) in [6.45, 7) is 13.2. The second-order valence-corrected chi connectivity index (χ2v) is 5.71. The van der Waals surface area contributed by atoms with E-state index in [1.54, 1.807) is 0 Å². The Morgan fingerprint density at radius 2 is 1.81 bits per heavy atom. The number of hydrogen-bond donors (Lipinski definition) is 1. The molecule has 0 aromatic carbocycles. The number of rotatable bonds is 6. The van der Waals surface area contributed by atoms with Crippen molar-refractivity contribution in [3.8, 4) is 0 Å². The van der Waals surface area contributed by atoms with Gasteiger partial charge in [-0.15, -0.1) is 0 Å². The van der Waals surface area contributed by atoms with Gasteiger partial charge in [-0.25, -0.2) is 0 Å². The Bertz CT molecular complexity index is 193. The summed E-state index contributed by atoms with van der Waals surface area (Å²) in [5.74, 6) is 0.770. The topological polar surface area (TPSA) is 18.5 Å². The largest absolute Gasteiger partial charge is 0.315 e. The van der Waals surface area contributed by atoms with Gasteiger partial charge in [0.05, 0.1) is 0 Å². The highest BCUT2D eigenvalue weighted by Gasteiger charge is 2.30. The molecule has 3 nitrogen and oxygen atoms in total. The highest BCUT2D eigenvalue weighted by Crippen LogP contribution is 2.27. The second kappa shape index (κ2) is 5.99. The molecule has 0 amide bonds. The van der Waals surface area contributed by atoms with E-state index in [1.165, 1.54) is 45.6 Å². The van der Waals surface area contributed by atoms with Crippen molar-refractivity contribution in [2.24, 2.45) is 5.92 Å². The van der Waals surface area contributed by atoms with Crippen LogP contribution in [0.4, 0.5) is 0 Å². The maximum Gasteiger partial charge on any atom is 0.0113 e. The van der Waals surface area contributed by atoms with Gasteiger partial charge in [-0.05, 0) is 25.3 Å². The van der Waals surface area contributed by atoms with Crippen LogP contribution in [-0.2, 0) is 0 Å². The molecule has 0 unspecified atom stereocenters. The molecule has 1 heterocycles. The lowest BCUT2D eigenvalue weighted by molar-refractivity contribution is 0.127. The maximum atomic E-state index is 3.52. The molecule has 0 bridgehead atoms. The van der Waals surface area contributed by atoms with Gasteiger partial charge in [0.1, 0.15) is 0 Å². The van der Waals surface area contributed by atoms with Gasteiger partial charge >= 0.3 is 0 Å². The van der Waals surface area contributed by atoms with Crippen molar-refractivity contribution in [1.29, 1.82) is 0 Å². The molecule has 2 rings (SSSR count). The van der Waals surface area contributed by atoms with E-state index in [0.29, 0.717) is 0 Å². The van der Waals surface area contributed by atoms with Crippen molar-refractivity contribution in [1.82, 2.24) is 15.1 Å². The Morgan fingerprint density at radius 3 is 2.38 bits per heavy atom. The fraction of sp³-hybridized carbons (Fsp3) is 1.00. The average molecular weight is 225 g/mol. The summed E-state index contributed by atoms with van der Waals surface area (Å²) in [6, 6.07) is 0.959. The zero-order valence-corrected chi connectivity index (χ0v) is 10.9. The van der Waals surface area contributed by atoms with Crippen LogP contribution in [-0.4, -0.2) is 61.7 Å². The minimum Gasteiger partial charge on any atom is -0.315 e. The first kappa shape index (κ1) is 12.3. The van der Waals surface area contributed by atoms with E-state index in [2.05, 4.69) is 29.0 Å². The molecule has 1 aliphatic carbocycles. The van der Waals surface area contributed by atoms with Gasteiger partial charge in [-0.1, -0.05) is 13.8 Å². The van der Waals surface area contributed by atoms with Gasteiger partial charge in [0, 0.05) is 45.3 Å². The zero-order chi connectivity index (χ0) is 11.4. The van der Waals surface area contributed by atoms with E-state index in [9.17, 15) is 0 Å². The Hall–Kier alpha value is -0.120. The lowest BCUT2D eigenvalue weighted by Crippen LogP contribution is -2.48. The fourth-order valence-electron chi connectivity index (χ4n) is 2.42. The summed E-state index contributed by atoms with van der Waals surface area (Å²) in [5, 5.41) is 3.52. The van der Waals surface area contributed by atoms with Crippen LogP contribution in [0, 0.1) is 5.92 Å². The third-order valence-corrected chi connectivity index (χ3v) is 3.63. The van der Waals surface area contributed by atoms with Gasteiger partial charge in [0.25, 0.3) is 0 Å². The molecule has 0 aromatic heterocycles. The normalized spacial score (nSPS) is 24.2. The molecule has 0 spiro atoms. The van der Waals surface area contributed by atoms with Crippen molar-refractivity contribution >= 4 is 0 Å². The van der Waals surface area contributed by atoms with Gasteiger partial charge < -0.3 is 5.32 Å². The molecule has 0 aromatic rings. The predicted octanol–water partition coefficient (Wildman–Crippen LogP) is 1.01. The van der Waals surface area contributed by atoms with Crippen LogP contribution < -0.4 is 5.32 Å². The minimum absolute atomic E-state index is 0.770. The summed E-state index contributed by atoms with van der Waals surface area (Å²) in [7, 11) is 0. The molecule has 2 fully saturated rings. The third kappa shape index (κ3) is 4.04. The average Bonchev–Trinajstić information content (AvgIpc) is 3.09. The lowest BCUT2D eigenvalue weighted by Gasteiger charge is -2.34. The summed E-state index contributed by atoms with van der Waals surface area (Å²) < 4.78 is 0. The van der Waals surface area contributed by atoms with Gasteiger partial charge in [0.15, 0.2) is 0 Å². The molecule has 0 radical (unpaired) electrons. The standard InChI is InChI=1S/C13H27N3/c1-12(2)11-14-5-6-15-7-9-16(10-8-15)13-3-4-13/h12-14H,3-11H2,1-2H3. The van der Waals surface area contributed by atoms with Crippen LogP contribution in [0.25, 0.3) is 0 Å². The van der Waals surface area contributed by atoms with E-state index >= 15 is 0 Å². The SMILES string of the molecule is CC(C)CNCCN1CCN(C2CC2)CC1. The summed E-state index contributed by atoms with van der Waals surface area (Å²) in [4.78, 5) is 5.28. The van der Waals surface area contributed by atoms with Crippen LogP contribution in [0.2, 0.25) is 0 Å². The van der Waals surface area contributed by atoms with Crippen molar-refractivity contribution in [3.63, 3.8) is 0 Å².